The van der Waals surface area contributed by atoms with Crippen LogP contribution in [-0.2, 0) is 9.59 Å². The van der Waals surface area contributed by atoms with Crippen molar-refractivity contribution in [1.29, 1.82) is 0 Å². The van der Waals surface area contributed by atoms with E-state index in [0.717, 1.165) is 0 Å². The van der Waals surface area contributed by atoms with Crippen molar-refractivity contribution in [2.24, 2.45) is 11.1 Å². The molecule has 5 N–H and O–H groups in total. The van der Waals surface area contributed by atoms with Crippen LogP contribution >= 0.6 is 0 Å². The third-order valence-corrected chi connectivity index (χ3v) is 2.06. The minimum atomic E-state index is -1.19. The number of urea groups is 1. The second kappa shape index (κ2) is 6.83. The maximum atomic E-state index is 11.4. The van der Waals surface area contributed by atoms with E-state index in [1.54, 1.807) is 0 Å². The first kappa shape index (κ1) is 16.2. The van der Waals surface area contributed by atoms with Gasteiger partial charge in [-0.15, -0.1) is 0 Å². The van der Waals surface area contributed by atoms with E-state index in [0.29, 0.717) is 6.54 Å². The summed E-state index contributed by atoms with van der Waals surface area (Å²) in [6.45, 7) is 6.24. The summed E-state index contributed by atoms with van der Waals surface area (Å²) in [4.78, 5) is 32.9. The van der Waals surface area contributed by atoms with Crippen molar-refractivity contribution in [2.75, 3.05) is 6.54 Å². The highest BCUT2D eigenvalue weighted by molar-refractivity contribution is 5.83. The van der Waals surface area contributed by atoms with Crippen LogP contribution in [0.5, 0.6) is 0 Å². The van der Waals surface area contributed by atoms with E-state index in [1.807, 2.05) is 20.8 Å². The lowest BCUT2D eigenvalue weighted by atomic mass is 9.97. The molecule has 1 atom stereocenters. The number of hydrogen-bond donors (Lipinski definition) is 4. The van der Waals surface area contributed by atoms with Crippen LogP contribution in [0.15, 0.2) is 0 Å². The lowest BCUT2D eigenvalue weighted by molar-refractivity contribution is -0.139. The predicted molar refractivity (Wildman–Crippen MR) is 65.8 cm³/mol. The summed E-state index contributed by atoms with van der Waals surface area (Å²) < 4.78 is 0. The molecule has 7 nitrogen and oxygen atoms in total. The molecule has 0 aromatic heterocycles. The fraction of sp³-hybridized carbons (Fsp3) is 0.727. The van der Waals surface area contributed by atoms with Gasteiger partial charge in [0.15, 0.2) is 0 Å². The Balaban J connectivity index is 4.20. The van der Waals surface area contributed by atoms with Crippen LogP contribution < -0.4 is 16.4 Å². The van der Waals surface area contributed by atoms with Crippen molar-refractivity contribution in [2.45, 2.75) is 39.7 Å². The molecular weight excluding hydrogens is 238 g/mol. The van der Waals surface area contributed by atoms with Crippen molar-refractivity contribution in [3.8, 4) is 0 Å². The second-order valence-corrected chi connectivity index (χ2v) is 5.28. The van der Waals surface area contributed by atoms with E-state index in [9.17, 15) is 14.4 Å². The average Bonchev–Trinajstić information content (AvgIpc) is 2.19. The van der Waals surface area contributed by atoms with E-state index in [2.05, 4.69) is 10.6 Å². The molecule has 0 spiro atoms. The van der Waals surface area contributed by atoms with Gasteiger partial charge in [0.05, 0.1) is 0 Å². The number of hydrogen-bond acceptors (Lipinski definition) is 3. The molecule has 0 rings (SSSR count). The van der Waals surface area contributed by atoms with E-state index < -0.39 is 23.9 Å². The Morgan fingerprint density at radius 1 is 1.28 bits per heavy atom. The maximum absolute atomic E-state index is 11.4. The van der Waals surface area contributed by atoms with Gasteiger partial charge in [0.1, 0.15) is 6.04 Å². The monoisotopic (exact) mass is 259 g/mol. The summed E-state index contributed by atoms with van der Waals surface area (Å²) in [7, 11) is 0. The van der Waals surface area contributed by atoms with Crippen molar-refractivity contribution < 1.29 is 19.5 Å². The zero-order valence-electron chi connectivity index (χ0n) is 10.9. The van der Waals surface area contributed by atoms with Crippen LogP contribution in [0, 0.1) is 5.41 Å². The Bertz CT molecular complexity index is 323. The van der Waals surface area contributed by atoms with Crippen molar-refractivity contribution in [1.82, 2.24) is 10.6 Å². The largest absolute Gasteiger partial charge is 0.480 e. The van der Waals surface area contributed by atoms with Gasteiger partial charge < -0.3 is 21.5 Å². The molecule has 3 amide bonds. The Morgan fingerprint density at radius 3 is 2.22 bits per heavy atom. The van der Waals surface area contributed by atoms with Gasteiger partial charge in [0.2, 0.25) is 5.91 Å². The minimum absolute atomic E-state index is 0.0202. The zero-order chi connectivity index (χ0) is 14.3. The van der Waals surface area contributed by atoms with Gasteiger partial charge in [0, 0.05) is 13.0 Å². The summed E-state index contributed by atoms with van der Waals surface area (Å²) in [5, 5.41) is 13.7. The van der Waals surface area contributed by atoms with E-state index in [-0.39, 0.29) is 18.3 Å². The van der Waals surface area contributed by atoms with Gasteiger partial charge in [-0.1, -0.05) is 20.8 Å². The van der Waals surface area contributed by atoms with Crippen LogP contribution in [0.25, 0.3) is 0 Å². The molecule has 0 fully saturated rings. The lowest BCUT2D eigenvalue weighted by Crippen LogP contribution is -2.48. The first-order valence-corrected chi connectivity index (χ1v) is 5.67. The number of aliphatic carboxylic acids is 1. The molecule has 0 aliphatic carbocycles. The highest BCUT2D eigenvalue weighted by atomic mass is 16.4. The second-order valence-electron chi connectivity index (χ2n) is 5.28. The molecular formula is C11H21N3O4. The number of carbonyl (C=O) groups is 3. The van der Waals surface area contributed by atoms with E-state index in [4.69, 9.17) is 10.8 Å². The van der Waals surface area contributed by atoms with Gasteiger partial charge in [-0.25, -0.2) is 9.59 Å². The zero-order valence-corrected chi connectivity index (χ0v) is 10.9. The topological polar surface area (TPSA) is 122 Å². The standard InChI is InChI=1S/C11H21N3O4/c1-11(2,3)6-13-10(18)14-7(9(16)17)4-5-8(12)15/h7H,4-6H2,1-3H3,(H2,12,15)(H,16,17)(H2,13,14,18)/t7-/m1/s1. The third-order valence-electron chi connectivity index (χ3n) is 2.06. The molecule has 0 radical (unpaired) electrons. The van der Waals surface area contributed by atoms with Crippen LogP contribution in [0.3, 0.4) is 0 Å². The summed E-state index contributed by atoms with van der Waals surface area (Å²) in [5.74, 6) is -1.79. The van der Waals surface area contributed by atoms with Gasteiger partial charge in [-0.05, 0) is 11.8 Å². The molecule has 18 heavy (non-hydrogen) atoms. The minimum Gasteiger partial charge on any atom is -0.480 e. The predicted octanol–water partition coefficient (Wildman–Crippen LogP) is 0.0504. The lowest BCUT2D eigenvalue weighted by Gasteiger charge is -2.20. The molecule has 0 aliphatic heterocycles. The quantitative estimate of drug-likeness (QED) is 0.538. The number of nitrogens with one attached hydrogen (secondary N) is 2. The first-order valence-electron chi connectivity index (χ1n) is 5.67. The number of carboxylic acids is 1. The van der Waals surface area contributed by atoms with Crippen LogP contribution in [0.4, 0.5) is 4.79 Å². The number of carboxylic acid groups (broad SMARTS) is 1. The average molecular weight is 259 g/mol. The Morgan fingerprint density at radius 2 is 1.83 bits per heavy atom. The van der Waals surface area contributed by atoms with Gasteiger partial charge >= 0.3 is 12.0 Å². The van der Waals surface area contributed by atoms with Crippen LogP contribution in [0.2, 0.25) is 0 Å². The Labute approximate surface area is 106 Å². The molecule has 0 unspecified atom stereocenters. The number of nitrogens with two attached hydrogens (primary N) is 1. The van der Waals surface area contributed by atoms with E-state index >= 15 is 0 Å². The number of primary amides is 1. The Hall–Kier alpha value is -1.79. The third kappa shape index (κ3) is 8.37. The highest BCUT2D eigenvalue weighted by Crippen LogP contribution is 2.10. The van der Waals surface area contributed by atoms with Gasteiger partial charge in [-0.3, -0.25) is 4.79 Å². The molecule has 0 aliphatic rings. The molecule has 0 aromatic carbocycles. The van der Waals surface area contributed by atoms with Crippen molar-refractivity contribution in [3.05, 3.63) is 0 Å². The molecule has 0 saturated carbocycles. The molecule has 0 heterocycles. The van der Waals surface area contributed by atoms with Crippen LogP contribution in [-0.4, -0.2) is 35.6 Å². The summed E-state index contributed by atoms with van der Waals surface area (Å²) >= 11 is 0. The molecule has 7 heteroatoms. The number of rotatable bonds is 6. The smallest absolute Gasteiger partial charge is 0.326 e. The van der Waals surface area contributed by atoms with Crippen molar-refractivity contribution >= 4 is 17.9 Å². The Kier molecular flexibility index (Phi) is 6.15. The highest BCUT2D eigenvalue weighted by Gasteiger charge is 2.21. The molecule has 0 saturated heterocycles. The van der Waals surface area contributed by atoms with E-state index in [1.165, 1.54) is 0 Å². The van der Waals surface area contributed by atoms with Gasteiger partial charge in [-0.2, -0.15) is 0 Å². The summed E-state index contributed by atoms with van der Waals surface area (Å²) in [5.41, 5.74) is 4.83. The fourth-order valence-corrected chi connectivity index (χ4v) is 1.10. The van der Waals surface area contributed by atoms with Crippen LogP contribution in [0.1, 0.15) is 33.6 Å². The summed E-state index contributed by atoms with van der Waals surface area (Å²) in [6.07, 6.45) is -0.107. The molecule has 104 valence electrons. The van der Waals surface area contributed by atoms with Gasteiger partial charge in [0.25, 0.3) is 0 Å². The fourth-order valence-electron chi connectivity index (χ4n) is 1.10. The molecule has 0 bridgehead atoms. The van der Waals surface area contributed by atoms with Crippen molar-refractivity contribution in [3.63, 3.8) is 0 Å². The SMILES string of the molecule is CC(C)(C)CNC(=O)N[C@H](CCC(N)=O)C(=O)O. The maximum Gasteiger partial charge on any atom is 0.326 e. The first-order chi connectivity index (χ1) is 8.11. The normalized spacial score (nSPS) is 12.6. The number of amides is 3. The number of carbonyl (C=O) groups excluding carboxylic acids is 2. The summed E-state index contributed by atoms with van der Waals surface area (Å²) in [6, 6.07) is -1.68. The molecule has 0 aromatic rings.